The molecule has 236 valence electrons. The van der Waals surface area contributed by atoms with Crippen LogP contribution >= 0.6 is 0 Å². The third-order valence-electron chi connectivity index (χ3n) is 6.54. The molecule has 0 unspecified atom stereocenters. The van der Waals surface area contributed by atoms with E-state index < -0.39 is 17.6 Å². The van der Waals surface area contributed by atoms with Crippen LogP contribution in [-0.4, -0.2) is 37.5 Å². The van der Waals surface area contributed by atoms with Gasteiger partial charge in [-0.2, -0.15) is 0 Å². The van der Waals surface area contributed by atoms with E-state index in [1.807, 2.05) is 48.8 Å². The van der Waals surface area contributed by atoms with Gasteiger partial charge in [-0.15, -0.1) is 0 Å². The van der Waals surface area contributed by atoms with E-state index in [0.29, 0.717) is 0 Å². The minimum atomic E-state index is -0.537. The summed E-state index contributed by atoms with van der Waals surface area (Å²) in [7, 11) is -1.07. The molecule has 0 aliphatic carbocycles. The summed E-state index contributed by atoms with van der Waals surface area (Å²) in [5.74, 6) is 0. The molecule has 0 amide bonds. The Kier molecular flexibility index (Phi) is 21.8. The van der Waals surface area contributed by atoms with Crippen molar-refractivity contribution in [1.82, 2.24) is 19.9 Å². The fourth-order valence-corrected chi connectivity index (χ4v) is 11.4. The Labute approximate surface area is 295 Å². The van der Waals surface area contributed by atoms with E-state index in [0.717, 1.165) is 44.9 Å². The molecule has 0 saturated carbocycles. The second-order valence-electron chi connectivity index (χ2n) is 11.0. The summed E-state index contributed by atoms with van der Waals surface area (Å²) < 4.78 is 0. The Hall–Kier alpha value is -3.03. The predicted octanol–water partition coefficient (Wildman–Crippen LogP) is 7.36. The van der Waals surface area contributed by atoms with Crippen LogP contribution < -0.4 is 10.4 Å². The van der Waals surface area contributed by atoms with Gasteiger partial charge < -0.3 is 25.3 Å². The molecule has 0 N–H and O–H groups in total. The molecule has 2 radical (unpaired) electrons. The van der Waals surface area contributed by atoms with Gasteiger partial charge >= 0.3 is 17.1 Å². The second-order valence-corrected chi connectivity index (χ2v) is 19.0. The number of pyridine rings is 4. The Morgan fingerprint density at radius 1 is 0.511 bits per heavy atom. The molecule has 0 fully saturated rings. The van der Waals surface area contributed by atoms with Gasteiger partial charge in [-0.05, 0) is 68.9 Å². The summed E-state index contributed by atoms with van der Waals surface area (Å²) in [6, 6.07) is 20.5. The Balaban J connectivity index is 0.000000719. The molecule has 0 aliphatic rings. The van der Waals surface area contributed by atoms with Crippen molar-refractivity contribution in [3.63, 3.8) is 0 Å². The van der Waals surface area contributed by atoms with Gasteiger partial charge in [0, 0.05) is 24.8 Å². The van der Waals surface area contributed by atoms with E-state index in [1.165, 1.54) is 21.2 Å². The second kappa shape index (κ2) is 23.3. The maximum absolute atomic E-state index is 7.13. The third kappa shape index (κ3) is 14.7. The summed E-state index contributed by atoms with van der Waals surface area (Å²) >= 11 is 7.40. The first kappa shape index (κ1) is 42.0. The zero-order valence-electron chi connectivity index (χ0n) is 27.2. The first-order valence-electron chi connectivity index (χ1n) is 14.5. The summed E-state index contributed by atoms with van der Waals surface area (Å²) in [5.41, 5.74) is 6.71. The number of nitriles is 2. The largest absolute Gasteiger partial charge is 2.00 e. The molecule has 45 heavy (non-hydrogen) atoms. The Morgan fingerprint density at radius 2 is 0.800 bits per heavy atom. The van der Waals surface area contributed by atoms with Crippen LogP contribution in [-0.2, 0) is 42.3 Å². The molecule has 0 bridgehead atoms. The number of aromatic nitrogens is 4. The predicted molar refractivity (Wildman–Crippen MR) is 192 cm³/mol. The van der Waals surface area contributed by atoms with Crippen LogP contribution in [0.4, 0.5) is 0 Å². The zero-order chi connectivity index (χ0) is 33.1. The molecule has 4 aromatic heterocycles. The normalized spacial score (nSPS) is 10.0. The van der Waals surface area contributed by atoms with Crippen LogP contribution in [0.3, 0.4) is 0 Å². The van der Waals surface area contributed by atoms with Crippen LogP contribution in [0.1, 0.15) is 55.4 Å². The molecule has 0 aromatic carbocycles. The molecule has 0 aliphatic heterocycles. The van der Waals surface area contributed by atoms with E-state index in [-0.39, 0.29) is 17.1 Å². The van der Waals surface area contributed by atoms with E-state index >= 15 is 0 Å². The average Bonchev–Trinajstić information content (AvgIpc) is 2.99. The number of rotatable bonds is 8. The Bertz CT molecular complexity index is 1290. The number of thiocyanates is 2. The Morgan fingerprint density at radius 3 is 1.00 bits per heavy atom. The van der Waals surface area contributed by atoms with Gasteiger partial charge in [0.05, 0.1) is 40.4 Å². The summed E-state index contributed by atoms with van der Waals surface area (Å²) in [5, 5.41) is 19.8. The number of nitrogens with zero attached hydrogens (tertiary/aromatic N) is 6. The fourth-order valence-electron chi connectivity index (χ4n) is 5.13. The van der Waals surface area contributed by atoms with Gasteiger partial charge in [-0.3, -0.25) is 19.9 Å². The maximum atomic E-state index is 7.13. The summed E-state index contributed by atoms with van der Waals surface area (Å²) in [6.45, 7) is 18.6. The van der Waals surface area contributed by atoms with Gasteiger partial charge in [0.2, 0.25) is 0 Å². The first-order chi connectivity index (χ1) is 21.0. The van der Waals surface area contributed by atoms with Crippen LogP contribution in [0.2, 0.25) is 22.2 Å². The molecule has 4 rings (SSSR count). The maximum Gasteiger partial charge on any atom is 2.00 e. The molecule has 6 nitrogen and oxygen atoms in total. The molecular formula is C34H42FeN6S2Si2. The van der Waals surface area contributed by atoms with Crippen molar-refractivity contribution in [2.24, 2.45) is 0 Å². The van der Waals surface area contributed by atoms with Crippen molar-refractivity contribution in [1.29, 1.82) is 10.5 Å². The van der Waals surface area contributed by atoms with E-state index in [2.05, 4.69) is 137 Å². The SMILES string of the molecule is CC(C)[Si](c1ccc(-c2ccccn2)nc1)C(C)C.CC(C)[Si](c1ccc(-c2ccccn2)nc1)C(C)C.N#C[S-].N#C[S-].[Fe+2]. The van der Waals surface area contributed by atoms with Gasteiger partial charge in [-0.1, -0.05) is 90.5 Å². The van der Waals surface area contributed by atoms with Crippen LogP contribution in [0.5, 0.6) is 0 Å². The quantitative estimate of drug-likeness (QED) is 0.106. The molecule has 11 heteroatoms. The minimum absolute atomic E-state index is 0. The van der Waals surface area contributed by atoms with Crippen molar-refractivity contribution in [2.45, 2.75) is 77.6 Å². The average molecular weight is 711 g/mol. The third-order valence-corrected chi connectivity index (χ3v) is 13.4. The van der Waals surface area contributed by atoms with Gasteiger partial charge in [0.15, 0.2) is 0 Å². The van der Waals surface area contributed by atoms with Crippen molar-refractivity contribution < 1.29 is 17.1 Å². The van der Waals surface area contributed by atoms with Crippen molar-refractivity contribution >= 4 is 53.2 Å². The molecule has 0 spiro atoms. The molecule has 4 aromatic rings. The number of hydrogen-bond acceptors (Lipinski definition) is 8. The fraction of sp³-hybridized carbons (Fsp3) is 0.353. The van der Waals surface area contributed by atoms with Crippen molar-refractivity contribution in [3.05, 3.63) is 85.5 Å². The topological polar surface area (TPSA) is 99.1 Å². The standard InChI is InChI=1S/2C16H21N2Si.2CHNS.Fe/c2*1-12(2)19(13(3)4)14-8-9-16(18-11-14)15-7-5-6-10-17-15;2*2-1-3;/h2*5-13H,1-4H3;2*3H;/q;;;;+2/p-2. The van der Waals surface area contributed by atoms with E-state index in [9.17, 15) is 0 Å². The number of hydrogen-bond donors (Lipinski definition) is 0. The first-order valence-corrected chi connectivity index (χ1v) is 18.7. The monoisotopic (exact) mass is 710 g/mol. The van der Waals surface area contributed by atoms with Crippen LogP contribution in [0.25, 0.3) is 22.8 Å². The summed E-state index contributed by atoms with van der Waals surface area (Å²) in [4.78, 5) is 17.9. The van der Waals surface area contributed by atoms with Gasteiger partial charge in [0.1, 0.15) is 0 Å². The molecular weight excluding hydrogens is 669 g/mol. The van der Waals surface area contributed by atoms with E-state index in [1.54, 1.807) is 0 Å². The van der Waals surface area contributed by atoms with E-state index in [4.69, 9.17) is 10.5 Å². The minimum Gasteiger partial charge on any atom is -0.696 e. The summed E-state index contributed by atoms with van der Waals surface area (Å²) in [6.07, 6.45) is 7.72. The van der Waals surface area contributed by atoms with Gasteiger partial charge in [0.25, 0.3) is 0 Å². The molecule has 0 atom stereocenters. The van der Waals surface area contributed by atoms with Crippen LogP contribution in [0, 0.1) is 21.3 Å². The van der Waals surface area contributed by atoms with Gasteiger partial charge in [-0.25, -0.2) is 10.5 Å². The molecule has 0 saturated heterocycles. The van der Waals surface area contributed by atoms with Crippen LogP contribution in [0.15, 0.2) is 85.5 Å². The van der Waals surface area contributed by atoms with Crippen molar-refractivity contribution in [3.8, 4) is 33.6 Å². The smallest absolute Gasteiger partial charge is 0.696 e. The molecule has 4 heterocycles. The zero-order valence-corrected chi connectivity index (χ0v) is 32.0. The van der Waals surface area contributed by atoms with Crippen molar-refractivity contribution in [2.75, 3.05) is 0 Å².